The van der Waals surface area contributed by atoms with Gasteiger partial charge in [-0.15, -0.1) is 0 Å². The number of aryl methyl sites for hydroxylation is 1. The molecule has 0 saturated heterocycles. The number of unbranched alkanes of at least 4 members (excludes halogenated alkanes) is 3. The third-order valence-corrected chi connectivity index (χ3v) is 7.18. The largest absolute Gasteiger partial charge is 0.490 e. The van der Waals surface area contributed by atoms with E-state index in [1.165, 1.54) is 25.1 Å². The summed E-state index contributed by atoms with van der Waals surface area (Å²) in [5, 5.41) is 0. The monoisotopic (exact) mass is 558 g/mol. The second kappa shape index (κ2) is 13.1. The Morgan fingerprint density at radius 1 is 0.875 bits per heavy atom. The normalized spacial score (nSPS) is 15.1. The Bertz CT molecular complexity index is 1420. The predicted octanol–water partition coefficient (Wildman–Crippen LogP) is 9.22. The van der Waals surface area contributed by atoms with Crippen molar-refractivity contribution in [2.45, 2.75) is 64.7 Å². The maximum Gasteiger partial charge on any atom is 0.343 e. The first-order valence-electron chi connectivity index (χ1n) is 13.5. The first-order valence-corrected chi connectivity index (χ1v) is 13.5. The van der Waals surface area contributed by atoms with Crippen LogP contribution >= 0.6 is 0 Å². The summed E-state index contributed by atoms with van der Waals surface area (Å²) in [6, 6.07) is 9.13. The number of rotatable bonds is 10. The SMILES string of the molecule is CCCCCCOc1ccc(OC(=O)c2ccc(C3=CCC(c4ccc(C)c(F)c4F)CC3)c(F)c2)c(F)c1F. The molecular weight excluding hydrogens is 527 g/mol. The zero-order chi connectivity index (χ0) is 28.8. The van der Waals surface area contributed by atoms with Crippen molar-refractivity contribution in [3.63, 3.8) is 0 Å². The van der Waals surface area contributed by atoms with E-state index in [1.807, 2.05) is 0 Å². The minimum atomic E-state index is -1.37. The molecule has 212 valence electrons. The Morgan fingerprint density at radius 2 is 1.62 bits per heavy atom. The number of esters is 1. The van der Waals surface area contributed by atoms with E-state index in [1.54, 1.807) is 18.2 Å². The van der Waals surface area contributed by atoms with E-state index in [0.29, 0.717) is 36.8 Å². The first-order chi connectivity index (χ1) is 19.2. The molecule has 0 N–H and O–H groups in total. The lowest BCUT2D eigenvalue weighted by Gasteiger charge is -2.23. The smallest absolute Gasteiger partial charge is 0.343 e. The van der Waals surface area contributed by atoms with Gasteiger partial charge < -0.3 is 9.47 Å². The van der Waals surface area contributed by atoms with Crippen LogP contribution in [0.2, 0.25) is 0 Å². The summed E-state index contributed by atoms with van der Waals surface area (Å²) in [4.78, 5) is 12.6. The van der Waals surface area contributed by atoms with Gasteiger partial charge in [0.1, 0.15) is 5.82 Å². The Balaban J connectivity index is 1.41. The number of ether oxygens (including phenoxy) is 2. The number of allylic oxidation sites excluding steroid dienone is 2. The van der Waals surface area contributed by atoms with Crippen LogP contribution in [0.25, 0.3) is 5.57 Å². The topological polar surface area (TPSA) is 35.5 Å². The maximum absolute atomic E-state index is 15.0. The zero-order valence-corrected chi connectivity index (χ0v) is 22.5. The first kappa shape index (κ1) is 29.3. The van der Waals surface area contributed by atoms with Crippen LogP contribution in [0.4, 0.5) is 22.0 Å². The lowest BCUT2D eigenvalue weighted by molar-refractivity contribution is 0.0725. The summed E-state index contributed by atoms with van der Waals surface area (Å²) < 4.78 is 82.6. The second-order valence-corrected chi connectivity index (χ2v) is 9.98. The van der Waals surface area contributed by atoms with Crippen LogP contribution in [-0.2, 0) is 0 Å². The third-order valence-electron chi connectivity index (χ3n) is 7.18. The van der Waals surface area contributed by atoms with Gasteiger partial charge in [-0.05, 0) is 79.5 Å². The quantitative estimate of drug-likeness (QED) is 0.108. The predicted molar refractivity (Wildman–Crippen MR) is 143 cm³/mol. The summed E-state index contributed by atoms with van der Waals surface area (Å²) in [6.07, 6.45) is 6.79. The summed E-state index contributed by atoms with van der Waals surface area (Å²) in [7, 11) is 0. The summed E-state index contributed by atoms with van der Waals surface area (Å²) in [5.74, 6) is -7.22. The van der Waals surface area contributed by atoms with Gasteiger partial charge in [-0.1, -0.05) is 50.5 Å². The molecular formula is C32H31F5O3. The Labute approximate surface area is 230 Å². The van der Waals surface area contributed by atoms with Gasteiger partial charge in [0.25, 0.3) is 0 Å². The van der Waals surface area contributed by atoms with Crippen LogP contribution in [-0.4, -0.2) is 12.6 Å². The highest BCUT2D eigenvalue weighted by atomic mass is 19.2. The molecule has 1 unspecified atom stereocenters. The second-order valence-electron chi connectivity index (χ2n) is 9.98. The Kier molecular flexibility index (Phi) is 9.61. The molecule has 0 radical (unpaired) electrons. The lowest BCUT2D eigenvalue weighted by atomic mass is 9.82. The van der Waals surface area contributed by atoms with E-state index in [0.717, 1.165) is 31.4 Å². The highest BCUT2D eigenvalue weighted by Crippen LogP contribution is 2.38. The van der Waals surface area contributed by atoms with E-state index in [2.05, 4.69) is 6.92 Å². The van der Waals surface area contributed by atoms with Crippen molar-refractivity contribution in [1.29, 1.82) is 0 Å². The fourth-order valence-corrected chi connectivity index (χ4v) is 4.81. The van der Waals surface area contributed by atoms with Crippen molar-refractivity contribution in [3.05, 3.63) is 99.9 Å². The molecule has 0 spiro atoms. The molecule has 1 aliphatic rings. The third kappa shape index (κ3) is 6.54. The molecule has 40 heavy (non-hydrogen) atoms. The van der Waals surface area contributed by atoms with Gasteiger partial charge in [0.15, 0.2) is 23.1 Å². The fourth-order valence-electron chi connectivity index (χ4n) is 4.81. The van der Waals surface area contributed by atoms with Crippen LogP contribution < -0.4 is 9.47 Å². The van der Waals surface area contributed by atoms with Crippen LogP contribution in [0, 0.1) is 36.0 Å². The van der Waals surface area contributed by atoms with Crippen molar-refractivity contribution >= 4 is 11.5 Å². The fraction of sp³-hybridized carbons (Fsp3) is 0.344. The molecule has 0 fully saturated rings. The van der Waals surface area contributed by atoms with Crippen molar-refractivity contribution < 1.29 is 36.2 Å². The van der Waals surface area contributed by atoms with Crippen molar-refractivity contribution in [1.82, 2.24) is 0 Å². The van der Waals surface area contributed by atoms with Crippen molar-refractivity contribution in [3.8, 4) is 11.5 Å². The zero-order valence-electron chi connectivity index (χ0n) is 22.5. The van der Waals surface area contributed by atoms with Gasteiger partial charge in [-0.2, -0.15) is 8.78 Å². The molecule has 3 aromatic carbocycles. The number of hydrogen-bond donors (Lipinski definition) is 0. The summed E-state index contributed by atoms with van der Waals surface area (Å²) >= 11 is 0. The van der Waals surface area contributed by atoms with Gasteiger partial charge in [0.05, 0.1) is 12.2 Å². The average molecular weight is 559 g/mol. The van der Waals surface area contributed by atoms with Crippen molar-refractivity contribution in [2.24, 2.45) is 0 Å². The molecule has 3 nitrogen and oxygen atoms in total. The summed E-state index contributed by atoms with van der Waals surface area (Å²) in [6.45, 7) is 3.79. The molecule has 0 heterocycles. The van der Waals surface area contributed by atoms with Crippen LogP contribution in [0.1, 0.15) is 84.8 Å². The molecule has 1 atom stereocenters. The van der Waals surface area contributed by atoms with Crippen LogP contribution in [0.15, 0.2) is 48.5 Å². The van der Waals surface area contributed by atoms with Gasteiger partial charge in [-0.25, -0.2) is 18.0 Å². The lowest BCUT2D eigenvalue weighted by Crippen LogP contribution is -2.12. The molecule has 0 saturated carbocycles. The molecule has 0 aromatic heterocycles. The highest BCUT2D eigenvalue weighted by Gasteiger charge is 2.24. The van der Waals surface area contributed by atoms with Gasteiger partial charge in [-0.3, -0.25) is 0 Å². The molecule has 1 aliphatic carbocycles. The summed E-state index contributed by atoms with van der Waals surface area (Å²) in [5.41, 5.74) is 1.31. The minimum absolute atomic E-state index is 0.177. The maximum atomic E-state index is 15.0. The number of hydrogen-bond acceptors (Lipinski definition) is 3. The van der Waals surface area contributed by atoms with E-state index < -0.39 is 40.8 Å². The molecule has 4 rings (SSSR count). The Hall–Kier alpha value is -3.68. The minimum Gasteiger partial charge on any atom is -0.490 e. The van der Waals surface area contributed by atoms with Gasteiger partial charge >= 0.3 is 5.97 Å². The van der Waals surface area contributed by atoms with Gasteiger partial charge in [0.2, 0.25) is 11.6 Å². The number of carbonyl (C=O) groups excluding carboxylic acids is 1. The molecule has 0 bridgehead atoms. The number of carbonyl (C=O) groups is 1. The van der Waals surface area contributed by atoms with E-state index in [-0.39, 0.29) is 35.0 Å². The number of halogens is 5. The van der Waals surface area contributed by atoms with E-state index in [9.17, 15) is 26.7 Å². The molecule has 8 heteroatoms. The van der Waals surface area contributed by atoms with Gasteiger partial charge in [0, 0.05) is 5.56 Å². The molecule has 0 aliphatic heterocycles. The number of benzene rings is 3. The van der Waals surface area contributed by atoms with Crippen LogP contribution in [0.3, 0.4) is 0 Å². The van der Waals surface area contributed by atoms with E-state index in [4.69, 9.17) is 9.47 Å². The van der Waals surface area contributed by atoms with E-state index >= 15 is 0 Å². The van der Waals surface area contributed by atoms with Crippen LogP contribution in [0.5, 0.6) is 11.5 Å². The average Bonchev–Trinajstić information content (AvgIpc) is 2.95. The molecule has 3 aromatic rings. The Morgan fingerprint density at radius 3 is 2.33 bits per heavy atom. The highest BCUT2D eigenvalue weighted by molar-refractivity contribution is 5.91. The molecule has 0 amide bonds. The van der Waals surface area contributed by atoms with Crippen molar-refractivity contribution in [2.75, 3.05) is 6.61 Å². The standard InChI is InChI=1S/C32H31F5O3/c1-3-4-5-6-17-39-26-15-16-27(31(37)30(26)36)40-32(38)22-12-14-23(25(33)18-22)20-8-10-21(11-9-20)24-13-7-19(2)28(34)29(24)35/h7-8,12-16,18,21H,3-6,9-11,17H2,1-2H3.